The van der Waals surface area contributed by atoms with Crippen molar-refractivity contribution >= 4 is 12.6 Å². The summed E-state index contributed by atoms with van der Waals surface area (Å²) in [5.74, 6) is 0.482. The molecular formula is C19H40O2S. The maximum atomic E-state index is 6.24. The first kappa shape index (κ1) is 22.3. The van der Waals surface area contributed by atoms with Crippen LogP contribution in [0.3, 0.4) is 0 Å². The number of hydrogen-bond donors (Lipinski definition) is 1. The Labute approximate surface area is 145 Å². The largest absolute Gasteiger partial charge is 0.347 e. The molecule has 0 aliphatic heterocycles. The maximum absolute atomic E-state index is 6.24. The minimum Gasteiger partial charge on any atom is -0.347 e. The summed E-state index contributed by atoms with van der Waals surface area (Å²) in [4.78, 5) is 0. The van der Waals surface area contributed by atoms with Gasteiger partial charge in [-0.3, -0.25) is 0 Å². The number of unbranched alkanes of at least 4 members (excludes halogenated alkanes) is 6. The zero-order valence-electron chi connectivity index (χ0n) is 15.7. The molecule has 0 atom stereocenters. The van der Waals surface area contributed by atoms with Gasteiger partial charge in [0.15, 0.2) is 5.79 Å². The van der Waals surface area contributed by atoms with Crippen LogP contribution < -0.4 is 0 Å². The summed E-state index contributed by atoms with van der Waals surface area (Å²) in [7, 11) is 0. The van der Waals surface area contributed by atoms with Crippen molar-refractivity contribution in [3.63, 3.8) is 0 Å². The van der Waals surface area contributed by atoms with Crippen LogP contribution in [-0.4, -0.2) is 23.7 Å². The highest BCUT2D eigenvalue weighted by molar-refractivity contribution is 7.80. The molecule has 0 aliphatic rings. The molecule has 0 bridgehead atoms. The van der Waals surface area contributed by atoms with Crippen molar-refractivity contribution in [3.8, 4) is 0 Å². The number of hydrogen-bond acceptors (Lipinski definition) is 3. The van der Waals surface area contributed by atoms with Crippen molar-refractivity contribution < 1.29 is 9.47 Å². The zero-order valence-corrected chi connectivity index (χ0v) is 16.6. The van der Waals surface area contributed by atoms with Crippen LogP contribution in [0.15, 0.2) is 0 Å². The van der Waals surface area contributed by atoms with Crippen molar-refractivity contribution in [2.45, 2.75) is 117 Å². The van der Waals surface area contributed by atoms with E-state index in [1.165, 1.54) is 44.9 Å². The van der Waals surface area contributed by atoms with Gasteiger partial charge in [0.2, 0.25) is 0 Å². The van der Waals surface area contributed by atoms with E-state index in [-0.39, 0.29) is 12.2 Å². The molecule has 22 heavy (non-hydrogen) atoms. The van der Waals surface area contributed by atoms with E-state index in [0.717, 1.165) is 25.0 Å². The summed E-state index contributed by atoms with van der Waals surface area (Å²) >= 11 is 4.36. The van der Waals surface area contributed by atoms with Gasteiger partial charge in [-0.25, -0.2) is 0 Å². The van der Waals surface area contributed by atoms with Crippen molar-refractivity contribution in [3.05, 3.63) is 0 Å². The van der Waals surface area contributed by atoms with E-state index in [4.69, 9.17) is 9.47 Å². The van der Waals surface area contributed by atoms with Crippen LogP contribution >= 0.6 is 12.6 Å². The van der Waals surface area contributed by atoms with E-state index in [1.807, 2.05) is 0 Å². The molecule has 0 N–H and O–H groups in total. The predicted molar refractivity (Wildman–Crippen MR) is 101 cm³/mol. The lowest BCUT2D eigenvalue weighted by molar-refractivity contribution is -0.276. The molecule has 0 amide bonds. The van der Waals surface area contributed by atoms with Crippen LogP contribution in [0, 0.1) is 0 Å². The van der Waals surface area contributed by atoms with Gasteiger partial charge < -0.3 is 9.47 Å². The molecule has 0 saturated heterocycles. The Morgan fingerprint density at radius 3 is 1.64 bits per heavy atom. The van der Waals surface area contributed by atoms with Crippen molar-refractivity contribution in [1.29, 1.82) is 0 Å². The minimum atomic E-state index is -0.408. The second kappa shape index (κ2) is 13.7. The zero-order chi connectivity index (χ0) is 16.8. The highest BCUT2D eigenvalue weighted by Gasteiger charge is 2.33. The first-order valence-electron chi connectivity index (χ1n) is 9.42. The fourth-order valence-corrected chi connectivity index (χ4v) is 3.11. The SMILES string of the molecule is CCCCCCCCCC(CCCS)(OC(C)C)OC(C)C. The molecule has 0 aromatic heterocycles. The molecule has 0 aliphatic carbocycles. The summed E-state index contributed by atoms with van der Waals surface area (Å²) in [6.07, 6.45) is 12.6. The van der Waals surface area contributed by atoms with Crippen molar-refractivity contribution in [1.82, 2.24) is 0 Å². The van der Waals surface area contributed by atoms with E-state index in [0.29, 0.717) is 0 Å². The maximum Gasteiger partial charge on any atom is 0.168 e. The Bertz CT molecular complexity index is 232. The molecule has 0 unspecified atom stereocenters. The summed E-state index contributed by atoms with van der Waals surface area (Å²) in [5, 5.41) is 0. The third kappa shape index (κ3) is 11.8. The number of ether oxygens (including phenoxy) is 2. The van der Waals surface area contributed by atoms with Gasteiger partial charge in [0, 0.05) is 12.8 Å². The van der Waals surface area contributed by atoms with Gasteiger partial charge in [0.25, 0.3) is 0 Å². The second-order valence-electron chi connectivity index (χ2n) is 6.94. The lowest BCUT2D eigenvalue weighted by Gasteiger charge is -2.37. The van der Waals surface area contributed by atoms with Gasteiger partial charge in [-0.2, -0.15) is 12.6 Å². The Morgan fingerprint density at radius 1 is 0.727 bits per heavy atom. The Balaban J connectivity index is 4.34. The minimum absolute atomic E-state index is 0.197. The standard InChI is InChI=1S/C19H40O2S/c1-6-7-8-9-10-11-12-14-19(15-13-16-22,20-17(2)3)21-18(4)5/h17-18,22H,6-16H2,1-5H3. The number of rotatable bonds is 15. The molecular weight excluding hydrogens is 292 g/mol. The molecule has 0 saturated carbocycles. The lowest BCUT2D eigenvalue weighted by atomic mass is 10.0. The van der Waals surface area contributed by atoms with Gasteiger partial charge in [-0.1, -0.05) is 45.4 Å². The summed E-state index contributed by atoms with van der Waals surface area (Å²) in [5.41, 5.74) is 0. The molecule has 0 rings (SSSR count). The average Bonchev–Trinajstić information content (AvgIpc) is 2.43. The monoisotopic (exact) mass is 332 g/mol. The third-order valence-electron chi connectivity index (χ3n) is 3.78. The average molecular weight is 333 g/mol. The highest BCUT2D eigenvalue weighted by atomic mass is 32.1. The Morgan fingerprint density at radius 2 is 1.18 bits per heavy atom. The summed E-state index contributed by atoms with van der Waals surface area (Å²) < 4.78 is 12.5. The van der Waals surface area contributed by atoms with Gasteiger partial charge >= 0.3 is 0 Å². The molecule has 0 fully saturated rings. The first-order chi connectivity index (χ1) is 10.5. The van der Waals surface area contributed by atoms with Crippen LogP contribution in [0.25, 0.3) is 0 Å². The first-order valence-corrected chi connectivity index (χ1v) is 10.1. The van der Waals surface area contributed by atoms with Crippen molar-refractivity contribution in [2.75, 3.05) is 5.75 Å². The molecule has 0 aromatic carbocycles. The van der Waals surface area contributed by atoms with E-state index in [1.54, 1.807) is 0 Å². The van der Waals surface area contributed by atoms with Crippen LogP contribution in [0.4, 0.5) is 0 Å². The Kier molecular flexibility index (Phi) is 13.9. The van der Waals surface area contributed by atoms with Crippen LogP contribution in [0.2, 0.25) is 0 Å². The molecule has 0 aromatic rings. The summed E-state index contributed by atoms with van der Waals surface area (Å²) in [6.45, 7) is 10.7. The Hall–Kier alpha value is 0.270. The highest BCUT2D eigenvalue weighted by Crippen LogP contribution is 2.30. The fourth-order valence-electron chi connectivity index (χ4n) is 2.95. The van der Waals surface area contributed by atoms with E-state index < -0.39 is 5.79 Å². The molecule has 0 heterocycles. The lowest BCUT2D eigenvalue weighted by Crippen LogP contribution is -2.40. The van der Waals surface area contributed by atoms with E-state index in [9.17, 15) is 0 Å². The topological polar surface area (TPSA) is 18.5 Å². The van der Waals surface area contributed by atoms with E-state index in [2.05, 4.69) is 47.2 Å². The molecule has 3 heteroatoms. The van der Waals surface area contributed by atoms with Crippen LogP contribution in [-0.2, 0) is 9.47 Å². The predicted octanol–water partition coefficient (Wildman–Crippen LogP) is 6.38. The smallest absolute Gasteiger partial charge is 0.168 e. The van der Waals surface area contributed by atoms with E-state index >= 15 is 0 Å². The summed E-state index contributed by atoms with van der Waals surface area (Å²) in [6, 6.07) is 0. The molecule has 134 valence electrons. The normalized spacial score (nSPS) is 12.5. The quantitative estimate of drug-likeness (QED) is 0.213. The van der Waals surface area contributed by atoms with Crippen LogP contribution in [0.5, 0.6) is 0 Å². The van der Waals surface area contributed by atoms with Gasteiger partial charge in [-0.15, -0.1) is 0 Å². The van der Waals surface area contributed by atoms with Crippen LogP contribution in [0.1, 0.15) is 98.8 Å². The molecule has 2 nitrogen and oxygen atoms in total. The van der Waals surface area contributed by atoms with Gasteiger partial charge in [0.05, 0.1) is 12.2 Å². The second-order valence-corrected chi connectivity index (χ2v) is 7.39. The van der Waals surface area contributed by atoms with Gasteiger partial charge in [-0.05, 0) is 46.3 Å². The van der Waals surface area contributed by atoms with Gasteiger partial charge in [0.1, 0.15) is 0 Å². The molecule has 0 radical (unpaired) electrons. The number of thiol groups is 1. The fraction of sp³-hybridized carbons (Fsp3) is 1.00. The molecule has 0 spiro atoms. The van der Waals surface area contributed by atoms with Crippen molar-refractivity contribution in [2.24, 2.45) is 0 Å². The third-order valence-corrected chi connectivity index (χ3v) is 4.09.